The third kappa shape index (κ3) is 1.34. The van der Waals surface area contributed by atoms with Crippen LogP contribution < -0.4 is 5.73 Å². The van der Waals surface area contributed by atoms with Crippen molar-refractivity contribution >= 4 is 56.0 Å². The Balaban J connectivity index is 2.87. The van der Waals surface area contributed by atoms with E-state index in [0.29, 0.717) is 11.3 Å². The Morgan fingerprint density at radius 2 is 2.23 bits per heavy atom. The summed E-state index contributed by atoms with van der Waals surface area (Å²) < 4.78 is 2.19. The van der Waals surface area contributed by atoms with Crippen LogP contribution in [-0.2, 0) is 0 Å². The predicted octanol–water partition coefficient (Wildman–Crippen LogP) is 2.90. The number of aldehydes is 1. The van der Waals surface area contributed by atoms with E-state index in [0.717, 1.165) is 16.4 Å². The monoisotopic (exact) mass is 303 g/mol. The van der Waals surface area contributed by atoms with Crippen LogP contribution in [0.4, 0.5) is 5.69 Å². The second-order valence-corrected chi connectivity index (χ2v) is 4.69. The number of hydrogen-bond acceptors (Lipinski definition) is 3. The Morgan fingerprint density at radius 3 is 2.92 bits per heavy atom. The number of fused-ring (bicyclic) bond motifs is 1. The summed E-state index contributed by atoms with van der Waals surface area (Å²) in [7, 11) is 0. The molecule has 0 aliphatic carbocycles. The Labute approximate surface area is 92.9 Å². The van der Waals surface area contributed by atoms with Crippen LogP contribution in [0.25, 0.3) is 10.1 Å². The zero-order chi connectivity index (χ0) is 9.42. The van der Waals surface area contributed by atoms with Gasteiger partial charge in [0.1, 0.15) is 0 Å². The highest BCUT2D eigenvalue weighted by Crippen LogP contribution is 2.32. The number of nitrogen functional groups attached to an aromatic ring is 1. The molecule has 0 aliphatic rings. The fourth-order valence-corrected chi connectivity index (χ4v) is 3.12. The first-order valence-electron chi connectivity index (χ1n) is 3.64. The van der Waals surface area contributed by atoms with E-state index in [2.05, 4.69) is 22.6 Å². The van der Waals surface area contributed by atoms with Crippen LogP contribution in [-0.4, -0.2) is 6.29 Å². The molecule has 2 aromatic rings. The van der Waals surface area contributed by atoms with Crippen LogP contribution in [0.1, 0.15) is 10.4 Å². The lowest BCUT2D eigenvalue weighted by Gasteiger charge is -1.99. The van der Waals surface area contributed by atoms with Crippen LogP contribution in [0.15, 0.2) is 17.5 Å². The van der Waals surface area contributed by atoms with E-state index in [9.17, 15) is 4.79 Å². The smallest absolute Gasteiger partial charge is 0.152 e. The minimum atomic E-state index is 0.575. The number of halogens is 1. The van der Waals surface area contributed by atoms with E-state index in [4.69, 9.17) is 5.73 Å². The fraction of sp³-hybridized carbons (Fsp3) is 0. The normalized spacial score (nSPS) is 10.5. The van der Waals surface area contributed by atoms with Crippen molar-refractivity contribution in [2.75, 3.05) is 5.73 Å². The molecule has 2 rings (SSSR count). The van der Waals surface area contributed by atoms with Gasteiger partial charge in [0, 0.05) is 19.9 Å². The molecule has 0 spiro atoms. The molecular weight excluding hydrogens is 297 g/mol. The standard InChI is InChI=1S/C9H6INOS/c10-7-4-13-9-6(7)2-1-5(3-12)8(9)11/h1-4H,11H2. The van der Waals surface area contributed by atoms with Gasteiger partial charge in [0.15, 0.2) is 6.29 Å². The Kier molecular flexibility index (Phi) is 2.25. The van der Waals surface area contributed by atoms with Gasteiger partial charge in [-0.25, -0.2) is 0 Å². The Bertz CT molecular complexity index is 478. The summed E-state index contributed by atoms with van der Waals surface area (Å²) in [6.07, 6.45) is 0.793. The summed E-state index contributed by atoms with van der Waals surface area (Å²) in [5.41, 5.74) is 6.99. The molecule has 0 aliphatic heterocycles. The summed E-state index contributed by atoms with van der Waals surface area (Å²) in [5, 5.41) is 3.17. The molecule has 1 aromatic carbocycles. The summed E-state index contributed by atoms with van der Waals surface area (Å²) in [6, 6.07) is 3.70. The maximum absolute atomic E-state index is 10.6. The first kappa shape index (κ1) is 8.96. The summed E-state index contributed by atoms with van der Waals surface area (Å²) >= 11 is 3.84. The van der Waals surface area contributed by atoms with Crippen molar-refractivity contribution in [3.8, 4) is 0 Å². The van der Waals surface area contributed by atoms with Crippen LogP contribution in [0.2, 0.25) is 0 Å². The molecule has 0 saturated carbocycles. The Hall–Kier alpha value is -0.620. The van der Waals surface area contributed by atoms with Gasteiger partial charge in [0.05, 0.1) is 10.4 Å². The van der Waals surface area contributed by atoms with Gasteiger partial charge in [0.25, 0.3) is 0 Å². The molecule has 0 amide bonds. The maximum atomic E-state index is 10.6. The zero-order valence-electron chi connectivity index (χ0n) is 6.58. The van der Waals surface area contributed by atoms with Gasteiger partial charge in [0.2, 0.25) is 0 Å². The zero-order valence-corrected chi connectivity index (χ0v) is 9.56. The highest BCUT2D eigenvalue weighted by Gasteiger charge is 2.07. The van der Waals surface area contributed by atoms with E-state index in [1.54, 1.807) is 17.4 Å². The quantitative estimate of drug-likeness (QED) is 0.500. The predicted molar refractivity (Wildman–Crippen MR) is 64.3 cm³/mol. The van der Waals surface area contributed by atoms with E-state index in [1.165, 1.54) is 3.57 Å². The molecule has 4 heteroatoms. The summed E-state index contributed by atoms with van der Waals surface area (Å²) in [4.78, 5) is 10.6. The minimum Gasteiger partial charge on any atom is -0.397 e. The minimum absolute atomic E-state index is 0.575. The van der Waals surface area contributed by atoms with E-state index >= 15 is 0 Å². The molecular formula is C9H6INOS. The lowest BCUT2D eigenvalue weighted by Crippen LogP contribution is -1.92. The third-order valence-corrected chi connectivity index (χ3v) is 4.24. The van der Waals surface area contributed by atoms with Gasteiger partial charge >= 0.3 is 0 Å². The molecule has 0 radical (unpaired) electrons. The molecule has 0 unspecified atom stereocenters. The molecule has 0 fully saturated rings. The average Bonchev–Trinajstić information content (AvgIpc) is 2.50. The van der Waals surface area contributed by atoms with Gasteiger partial charge in [-0.3, -0.25) is 4.79 Å². The first-order chi connectivity index (χ1) is 6.24. The lowest BCUT2D eigenvalue weighted by molar-refractivity contribution is 0.112. The van der Waals surface area contributed by atoms with Gasteiger partial charge in [-0.1, -0.05) is 6.07 Å². The molecule has 1 aromatic heterocycles. The van der Waals surface area contributed by atoms with Crippen LogP contribution >= 0.6 is 33.9 Å². The van der Waals surface area contributed by atoms with Crippen molar-refractivity contribution < 1.29 is 4.79 Å². The highest BCUT2D eigenvalue weighted by molar-refractivity contribution is 14.1. The fourth-order valence-electron chi connectivity index (χ4n) is 1.21. The number of rotatable bonds is 1. The topological polar surface area (TPSA) is 43.1 Å². The molecule has 1 heterocycles. The Morgan fingerprint density at radius 1 is 1.46 bits per heavy atom. The molecule has 0 bridgehead atoms. The number of benzene rings is 1. The second kappa shape index (κ2) is 3.26. The van der Waals surface area contributed by atoms with E-state index < -0.39 is 0 Å². The lowest BCUT2D eigenvalue weighted by atomic mass is 10.1. The SMILES string of the molecule is Nc1c(C=O)ccc2c(I)csc12. The molecule has 66 valence electrons. The average molecular weight is 303 g/mol. The van der Waals surface area contributed by atoms with E-state index in [1.807, 2.05) is 11.4 Å². The number of thiophene rings is 1. The molecule has 2 nitrogen and oxygen atoms in total. The van der Waals surface area contributed by atoms with Crippen LogP contribution in [0.5, 0.6) is 0 Å². The third-order valence-electron chi connectivity index (χ3n) is 1.89. The van der Waals surface area contributed by atoms with Crippen molar-refractivity contribution in [3.05, 3.63) is 26.6 Å². The highest BCUT2D eigenvalue weighted by atomic mass is 127. The maximum Gasteiger partial charge on any atom is 0.152 e. The van der Waals surface area contributed by atoms with Crippen molar-refractivity contribution in [2.24, 2.45) is 0 Å². The molecule has 0 atom stereocenters. The summed E-state index contributed by atoms with van der Waals surface area (Å²) in [6.45, 7) is 0. The van der Waals surface area contributed by atoms with Crippen molar-refractivity contribution in [1.29, 1.82) is 0 Å². The molecule has 0 saturated heterocycles. The second-order valence-electron chi connectivity index (χ2n) is 2.65. The van der Waals surface area contributed by atoms with Crippen molar-refractivity contribution in [1.82, 2.24) is 0 Å². The molecule has 2 N–H and O–H groups in total. The van der Waals surface area contributed by atoms with E-state index in [-0.39, 0.29) is 0 Å². The van der Waals surface area contributed by atoms with Gasteiger partial charge in [-0.2, -0.15) is 0 Å². The molecule has 13 heavy (non-hydrogen) atoms. The number of carbonyl (C=O) groups is 1. The van der Waals surface area contributed by atoms with Crippen molar-refractivity contribution in [3.63, 3.8) is 0 Å². The van der Waals surface area contributed by atoms with Crippen LogP contribution in [0, 0.1) is 3.57 Å². The number of anilines is 1. The number of nitrogens with two attached hydrogens (primary N) is 1. The van der Waals surface area contributed by atoms with Crippen LogP contribution in [0.3, 0.4) is 0 Å². The number of hydrogen-bond donors (Lipinski definition) is 1. The first-order valence-corrected chi connectivity index (χ1v) is 5.60. The van der Waals surface area contributed by atoms with Gasteiger partial charge < -0.3 is 5.73 Å². The largest absolute Gasteiger partial charge is 0.397 e. The number of carbonyl (C=O) groups excluding carboxylic acids is 1. The van der Waals surface area contributed by atoms with Gasteiger partial charge in [-0.15, -0.1) is 11.3 Å². The van der Waals surface area contributed by atoms with Gasteiger partial charge in [-0.05, 0) is 28.7 Å². The summed E-state index contributed by atoms with van der Waals surface area (Å²) in [5.74, 6) is 0. The van der Waals surface area contributed by atoms with Crippen molar-refractivity contribution in [2.45, 2.75) is 0 Å².